The average Bonchev–Trinajstić information content (AvgIpc) is 2.53. The van der Waals surface area contributed by atoms with Gasteiger partial charge in [-0.25, -0.2) is 4.39 Å². The van der Waals surface area contributed by atoms with Crippen LogP contribution in [0.4, 0.5) is 4.39 Å². The standard InChI is InChI=1S/C17H24BrFN2.2ClH/c18-16-7-6-14(19)12-15(16)17(13-4-2-1-3-5-13)21-10-8-20-9-11-21;;/h6-7,12-13,17,20H,1-5,8-11H2;2*1H/t17-;;/m1../s1. The van der Waals surface area contributed by atoms with Crippen LogP contribution in [0, 0.1) is 11.7 Å². The van der Waals surface area contributed by atoms with Crippen LogP contribution >= 0.6 is 40.7 Å². The van der Waals surface area contributed by atoms with Crippen LogP contribution in [0.3, 0.4) is 0 Å². The van der Waals surface area contributed by atoms with Gasteiger partial charge < -0.3 is 5.32 Å². The second-order valence-electron chi connectivity index (χ2n) is 6.29. The number of nitrogens with one attached hydrogen (secondary N) is 1. The molecule has 1 aromatic carbocycles. The molecular weight excluding hydrogens is 402 g/mol. The largest absolute Gasteiger partial charge is 0.314 e. The summed E-state index contributed by atoms with van der Waals surface area (Å²) in [7, 11) is 0. The van der Waals surface area contributed by atoms with E-state index < -0.39 is 0 Å². The zero-order valence-corrected chi connectivity index (χ0v) is 16.5. The van der Waals surface area contributed by atoms with Crippen LogP contribution in [0.1, 0.15) is 43.7 Å². The van der Waals surface area contributed by atoms with Crippen molar-refractivity contribution in [3.8, 4) is 0 Å². The van der Waals surface area contributed by atoms with E-state index in [1.165, 1.54) is 32.1 Å². The van der Waals surface area contributed by atoms with E-state index in [9.17, 15) is 4.39 Å². The molecule has 1 aromatic rings. The summed E-state index contributed by atoms with van der Waals surface area (Å²) in [6, 6.07) is 5.51. The highest BCUT2D eigenvalue weighted by Crippen LogP contribution is 2.41. The first-order chi connectivity index (χ1) is 10.3. The van der Waals surface area contributed by atoms with Gasteiger partial charge in [0, 0.05) is 36.7 Å². The number of hydrogen-bond donors (Lipinski definition) is 1. The Morgan fingerprint density at radius 3 is 2.39 bits per heavy atom. The molecule has 3 rings (SSSR count). The monoisotopic (exact) mass is 426 g/mol. The van der Waals surface area contributed by atoms with Crippen molar-refractivity contribution < 1.29 is 4.39 Å². The summed E-state index contributed by atoms with van der Waals surface area (Å²) in [6.07, 6.45) is 6.55. The van der Waals surface area contributed by atoms with Crippen molar-refractivity contribution in [2.24, 2.45) is 5.92 Å². The molecule has 1 heterocycles. The number of halogens is 4. The second kappa shape index (κ2) is 10.2. The Hall–Kier alpha value is 0.130. The van der Waals surface area contributed by atoms with Crippen molar-refractivity contribution in [1.82, 2.24) is 10.2 Å². The van der Waals surface area contributed by atoms with E-state index in [0.717, 1.165) is 36.2 Å². The fraction of sp³-hybridized carbons (Fsp3) is 0.647. The summed E-state index contributed by atoms with van der Waals surface area (Å²) in [5.74, 6) is 0.541. The van der Waals surface area contributed by atoms with Crippen LogP contribution in [-0.4, -0.2) is 31.1 Å². The molecule has 2 nitrogen and oxygen atoms in total. The Labute approximate surface area is 159 Å². The van der Waals surface area contributed by atoms with Crippen molar-refractivity contribution in [3.05, 3.63) is 34.1 Å². The van der Waals surface area contributed by atoms with E-state index in [2.05, 4.69) is 26.1 Å². The lowest BCUT2D eigenvalue weighted by atomic mass is 9.80. The zero-order valence-electron chi connectivity index (χ0n) is 13.3. The summed E-state index contributed by atoms with van der Waals surface area (Å²) in [4.78, 5) is 2.56. The van der Waals surface area contributed by atoms with Gasteiger partial charge in [0.2, 0.25) is 0 Å². The number of rotatable bonds is 3. The van der Waals surface area contributed by atoms with Gasteiger partial charge in [0.05, 0.1) is 0 Å². The van der Waals surface area contributed by atoms with Crippen molar-refractivity contribution in [2.75, 3.05) is 26.2 Å². The molecule has 1 atom stereocenters. The minimum absolute atomic E-state index is 0. The van der Waals surface area contributed by atoms with Crippen molar-refractivity contribution >= 4 is 40.7 Å². The lowest BCUT2D eigenvalue weighted by Gasteiger charge is -2.41. The normalized spacial score (nSPS) is 21.1. The van der Waals surface area contributed by atoms with E-state index in [0.29, 0.717) is 12.0 Å². The van der Waals surface area contributed by atoms with Gasteiger partial charge in [-0.2, -0.15) is 0 Å². The molecule has 6 heteroatoms. The molecule has 0 radical (unpaired) electrons. The van der Waals surface area contributed by atoms with Gasteiger partial charge in [0.1, 0.15) is 5.82 Å². The number of piperazine rings is 1. The maximum atomic E-state index is 13.8. The van der Waals surface area contributed by atoms with Gasteiger partial charge in [-0.15, -0.1) is 24.8 Å². The smallest absolute Gasteiger partial charge is 0.123 e. The quantitative estimate of drug-likeness (QED) is 0.733. The minimum Gasteiger partial charge on any atom is -0.314 e. The van der Waals surface area contributed by atoms with Crippen molar-refractivity contribution in [3.63, 3.8) is 0 Å². The first-order valence-corrected chi connectivity index (χ1v) is 8.95. The van der Waals surface area contributed by atoms with Crippen LogP contribution in [0.15, 0.2) is 22.7 Å². The highest BCUT2D eigenvalue weighted by atomic mass is 79.9. The molecule has 1 aliphatic carbocycles. The molecule has 0 spiro atoms. The van der Waals surface area contributed by atoms with Crippen molar-refractivity contribution in [1.29, 1.82) is 0 Å². The molecule has 1 N–H and O–H groups in total. The number of hydrogen-bond acceptors (Lipinski definition) is 2. The molecule has 0 aromatic heterocycles. The Bertz CT molecular complexity index is 460. The fourth-order valence-electron chi connectivity index (χ4n) is 3.90. The molecule has 1 aliphatic heterocycles. The van der Waals surface area contributed by atoms with Crippen LogP contribution < -0.4 is 5.32 Å². The molecule has 0 bridgehead atoms. The molecular formula is C17H26BrCl2FN2. The maximum absolute atomic E-state index is 13.8. The minimum atomic E-state index is -0.121. The second-order valence-corrected chi connectivity index (χ2v) is 7.15. The van der Waals surface area contributed by atoms with Crippen LogP contribution in [0.5, 0.6) is 0 Å². The van der Waals surface area contributed by atoms with E-state index in [-0.39, 0.29) is 30.6 Å². The Morgan fingerprint density at radius 1 is 1.09 bits per heavy atom. The highest BCUT2D eigenvalue weighted by Gasteiger charge is 2.32. The SMILES string of the molecule is Cl.Cl.Fc1ccc(Br)c([C@@H](C2CCCCC2)N2CCNCC2)c1. The van der Waals surface area contributed by atoms with Crippen LogP contribution in [-0.2, 0) is 0 Å². The predicted molar refractivity (Wildman–Crippen MR) is 102 cm³/mol. The third kappa shape index (κ3) is 5.30. The number of benzene rings is 1. The molecule has 1 saturated heterocycles. The van der Waals surface area contributed by atoms with Gasteiger partial charge in [-0.3, -0.25) is 4.90 Å². The summed E-state index contributed by atoms with van der Waals surface area (Å²) in [5, 5.41) is 3.42. The Kier molecular flexibility index (Phi) is 9.39. The van der Waals surface area contributed by atoms with E-state index in [1.807, 2.05) is 6.07 Å². The summed E-state index contributed by atoms with van der Waals surface area (Å²) < 4.78 is 14.8. The van der Waals surface area contributed by atoms with E-state index in [4.69, 9.17) is 0 Å². The third-order valence-corrected chi connectivity index (χ3v) is 5.64. The van der Waals surface area contributed by atoms with Gasteiger partial charge >= 0.3 is 0 Å². The fourth-order valence-corrected chi connectivity index (χ4v) is 4.38. The van der Waals surface area contributed by atoms with Gasteiger partial charge in [-0.1, -0.05) is 35.2 Å². The molecule has 2 fully saturated rings. The Morgan fingerprint density at radius 2 is 1.74 bits per heavy atom. The maximum Gasteiger partial charge on any atom is 0.123 e. The Balaban J connectivity index is 0.00000132. The highest BCUT2D eigenvalue weighted by molar-refractivity contribution is 9.10. The molecule has 132 valence electrons. The lowest BCUT2D eigenvalue weighted by Crippen LogP contribution is -2.47. The molecule has 23 heavy (non-hydrogen) atoms. The van der Waals surface area contributed by atoms with Crippen LogP contribution in [0.25, 0.3) is 0 Å². The van der Waals surface area contributed by atoms with Gasteiger partial charge in [-0.05, 0) is 42.5 Å². The van der Waals surface area contributed by atoms with E-state index in [1.54, 1.807) is 12.1 Å². The average molecular weight is 428 g/mol. The molecule has 0 unspecified atom stereocenters. The topological polar surface area (TPSA) is 15.3 Å². The molecule has 1 saturated carbocycles. The summed E-state index contributed by atoms with van der Waals surface area (Å²) in [5.41, 5.74) is 1.14. The predicted octanol–water partition coefficient (Wildman–Crippen LogP) is 4.96. The first-order valence-electron chi connectivity index (χ1n) is 8.15. The van der Waals surface area contributed by atoms with Crippen LogP contribution in [0.2, 0.25) is 0 Å². The third-order valence-electron chi connectivity index (χ3n) is 4.92. The van der Waals surface area contributed by atoms with Crippen molar-refractivity contribution in [2.45, 2.75) is 38.1 Å². The van der Waals surface area contributed by atoms with Gasteiger partial charge in [0.15, 0.2) is 0 Å². The number of nitrogens with zero attached hydrogens (tertiary/aromatic N) is 1. The van der Waals surface area contributed by atoms with E-state index >= 15 is 0 Å². The first kappa shape index (κ1) is 21.2. The molecule has 0 amide bonds. The lowest BCUT2D eigenvalue weighted by molar-refractivity contribution is 0.103. The zero-order chi connectivity index (χ0) is 14.7. The molecule has 2 aliphatic rings. The summed E-state index contributed by atoms with van der Waals surface area (Å²) in [6.45, 7) is 4.19. The van der Waals surface area contributed by atoms with Gasteiger partial charge in [0.25, 0.3) is 0 Å². The summed E-state index contributed by atoms with van der Waals surface area (Å²) >= 11 is 3.66.